The summed E-state index contributed by atoms with van der Waals surface area (Å²) in [4.78, 5) is 15.9. The van der Waals surface area contributed by atoms with Gasteiger partial charge < -0.3 is 10.2 Å². The van der Waals surface area contributed by atoms with Crippen molar-refractivity contribution in [1.82, 2.24) is 10.2 Å². The van der Waals surface area contributed by atoms with Crippen LogP contribution in [0.1, 0.15) is 76.2 Å². The number of likely N-dealkylation sites (tertiary alicyclic amines) is 1. The van der Waals surface area contributed by atoms with Gasteiger partial charge in [-0.1, -0.05) is 44.2 Å². The van der Waals surface area contributed by atoms with Gasteiger partial charge in [0.25, 0.3) is 0 Å². The molecule has 1 saturated heterocycles. The van der Waals surface area contributed by atoms with Crippen LogP contribution in [0, 0.1) is 11.7 Å². The fraction of sp³-hybridized carbons (Fsp3) is 0.708. The van der Waals surface area contributed by atoms with E-state index in [2.05, 4.69) is 10.2 Å². The number of nitrogens with zero attached hydrogens (tertiary/aromatic N) is 1. The van der Waals surface area contributed by atoms with Crippen molar-refractivity contribution in [2.45, 2.75) is 82.1 Å². The molecule has 1 N–H and O–H groups in total. The highest BCUT2D eigenvalue weighted by molar-refractivity contribution is 5.88. The number of rotatable bonds is 5. The third kappa shape index (κ3) is 4.42. The first-order valence-corrected chi connectivity index (χ1v) is 11.5. The monoisotopic (exact) mass is 386 g/mol. The number of amides is 1. The van der Waals surface area contributed by atoms with Crippen LogP contribution in [-0.2, 0) is 10.2 Å². The summed E-state index contributed by atoms with van der Waals surface area (Å²) >= 11 is 0. The fourth-order valence-electron chi connectivity index (χ4n) is 5.73. The summed E-state index contributed by atoms with van der Waals surface area (Å²) < 4.78 is 13.8. The van der Waals surface area contributed by atoms with E-state index in [-0.39, 0.29) is 17.8 Å². The fourth-order valence-corrected chi connectivity index (χ4v) is 5.73. The highest BCUT2D eigenvalue weighted by Crippen LogP contribution is 2.41. The Labute approximate surface area is 169 Å². The van der Waals surface area contributed by atoms with Crippen LogP contribution in [0.3, 0.4) is 0 Å². The molecule has 3 nitrogen and oxygen atoms in total. The van der Waals surface area contributed by atoms with Gasteiger partial charge in [0.15, 0.2) is 0 Å². The number of carbonyl (C=O) groups is 1. The second kappa shape index (κ2) is 8.94. The van der Waals surface area contributed by atoms with Gasteiger partial charge >= 0.3 is 0 Å². The number of hydrogen-bond acceptors (Lipinski definition) is 2. The molecule has 0 unspecified atom stereocenters. The Morgan fingerprint density at radius 3 is 2.43 bits per heavy atom. The molecule has 1 amide bonds. The molecule has 2 saturated carbocycles. The Kier molecular flexibility index (Phi) is 6.35. The summed E-state index contributed by atoms with van der Waals surface area (Å²) in [7, 11) is 0. The molecule has 28 heavy (non-hydrogen) atoms. The molecule has 0 aromatic heterocycles. The molecule has 3 fully saturated rings. The van der Waals surface area contributed by atoms with Gasteiger partial charge in [0, 0.05) is 25.7 Å². The summed E-state index contributed by atoms with van der Waals surface area (Å²) in [6.45, 7) is 3.43. The zero-order valence-corrected chi connectivity index (χ0v) is 17.1. The summed E-state index contributed by atoms with van der Waals surface area (Å²) in [5.41, 5.74) is 0.332. The second-order valence-electron chi connectivity index (χ2n) is 9.35. The summed E-state index contributed by atoms with van der Waals surface area (Å²) in [5.74, 6) is 0.767. The quantitative estimate of drug-likeness (QED) is 0.788. The van der Waals surface area contributed by atoms with E-state index in [1.54, 1.807) is 12.1 Å². The van der Waals surface area contributed by atoms with E-state index in [0.29, 0.717) is 0 Å². The Hall–Kier alpha value is -1.42. The summed E-state index contributed by atoms with van der Waals surface area (Å²) in [6, 6.07) is 6.97. The van der Waals surface area contributed by atoms with Crippen LogP contribution in [0.4, 0.5) is 4.39 Å². The number of halogens is 1. The van der Waals surface area contributed by atoms with Gasteiger partial charge in [-0.2, -0.15) is 0 Å². The number of nitrogens with one attached hydrogen (secondary N) is 1. The van der Waals surface area contributed by atoms with Crippen LogP contribution in [-0.4, -0.2) is 36.5 Å². The summed E-state index contributed by atoms with van der Waals surface area (Å²) in [5, 5.41) is 3.36. The SMILES string of the molecule is O=C(NC1CCN(CC2CCCCC2)CC1)C1(c2cccc(F)c2)CCCC1. The van der Waals surface area contributed by atoms with E-state index in [1.807, 2.05) is 6.07 Å². The molecule has 2 aliphatic carbocycles. The molecule has 0 radical (unpaired) electrons. The molecule has 1 aromatic rings. The number of benzene rings is 1. The topological polar surface area (TPSA) is 32.3 Å². The van der Waals surface area contributed by atoms with Crippen LogP contribution < -0.4 is 5.32 Å². The smallest absolute Gasteiger partial charge is 0.230 e. The maximum absolute atomic E-state index is 13.8. The van der Waals surface area contributed by atoms with Gasteiger partial charge in [0.05, 0.1) is 5.41 Å². The van der Waals surface area contributed by atoms with Crippen molar-refractivity contribution in [1.29, 1.82) is 0 Å². The van der Waals surface area contributed by atoms with E-state index in [0.717, 1.165) is 63.1 Å². The zero-order chi connectivity index (χ0) is 19.4. The average molecular weight is 387 g/mol. The molecular formula is C24H35FN2O. The van der Waals surface area contributed by atoms with Crippen molar-refractivity contribution in [3.8, 4) is 0 Å². The van der Waals surface area contributed by atoms with Crippen molar-refractivity contribution < 1.29 is 9.18 Å². The molecule has 1 aliphatic heterocycles. The lowest BCUT2D eigenvalue weighted by atomic mass is 9.77. The zero-order valence-electron chi connectivity index (χ0n) is 17.1. The highest BCUT2D eigenvalue weighted by atomic mass is 19.1. The molecule has 3 aliphatic rings. The molecule has 4 rings (SSSR count). The predicted octanol–water partition coefficient (Wildman–Crippen LogP) is 4.80. The van der Waals surface area contributed by atoms with Gasteiger partial charge in [-0.3, -0.25) is 4.79 Å². The normalized spacial score (nSPS) is 24.3. The van der Waals surface area contributed by atoms with Gasteiger partial charge in [-0.25, -0.2) is 4.39 Å². The van der Waals surface area contributed by atoms with Crippen molar-refractivity contribution in [3.63, 3.8) is 0 Å². The molecule has 1 heterocycles. The first kappa shape index (κ1) is 19.9. The van der Waals surface area contributed by atoms with Crippen molar-refractivity contribution in [2.24, 2.45) is 5.92 Å². The molecule has 1 aromatic carbocycles. The predicted molar refractivity (Wildman–Crippen MR) is 111 cm³/mol. The maximum Gasteiger partial charge on any atom is 0.230 e. The molecule has 154 valence electrons. The van der Waals surface area contributed by atoms with Crippen molar-refractivity contribution >= 4 is 5.91 Å². The maximum atomic E-state index is 13.8. The summed E-state index contributed by atoms with van der Waals surface area (Å²) in [6.07, 6.45) is 12.9. The van der Waals surface area contributed by atoms with Gasteiger partial charge in [0.1, 0.15) is 5.82 Å². The van der Waals surface area contributed by atoms with Crippen LogP contribution in [0.25, 0.3) is 0 Å². The minimum atomic E-state index is -0.526. The number of carbonyl (C=O) groups excluding carboxylic acids is 1. The average Bonchev–Trinajstić information content (AvgIpc) is 3.22. The molecule has 0 bridgehead atoms. The molecular weight excluding hydrogens is 351 g/mol. The molecule has 0 spiro atoms. The number of piperidine rings is 1. The van der Waals surface area contributed by atoms with Gasteiger partial charge in [0.2, 0.25) is 5.91 Å². The first-order valence-electron chi connectivity index (χ1n) is 11.5. The van der Waals surface area contributed by atoms with E-state index in [4.69, 9.17) is 0 Å². The Morgan fingerprint density at radius 2 is 1.75 bits per heavy atom. The van der Waals surface area contributed by atoms with E-state index >= 15 is 0 Å². The van der Waals surface area contributed by atoms with E-state index < -0.39 is 5.41 Å². The van der Waals surface area contributed by atoms with Crippen molar-refractivity contribution in [2.75, 3.05) is 19.6 Å². The third-order valence-corrected chi connectivity index (χ3v) is 7.43. The Morgan fingerprint density at radius 1 is 1.04 bits per heavy atom. The Balaban J connectivity index is 1.33. The lowest BCUT2D eigenvalue weighted by Gasteiger charge is -2.37. The minimum Gasteiger partial charge on any atom is -0.353 e. The minimum absolute atomic E-state index is 0.126. The van der Waals surface area contributed by atoms with Crippen LogP contribution in [0.2, 0.25) is 0 Å². The lowest BCUT2D eigenvalue weighted by Crippen LogP contribution is -2.51. The first-order chi connectivity index (χ1) is 13.7. The van der Waals surface area contributed by atoms with E-state index in [9.17, 15) is 9.18 Å². The lowest BCUT2D eigenvalue weighted by molar-refractivity contribution is -0.127. The second-order valence-corrected chi connectivity index (χ2v) is 9.35. The third-order valence-electron chi connectivity index (χ3n) is 7.43. The van der Waals surface area contributed by atoms with Gasteiger partial charge in [-0.15, -0.1) is 0 Å². The Bertz CT molecular complexity index is 656. The largest absolute Gasteiger partial charge is 0.353 e. The van der Waals surface area contributed by atoms with Gasteiger partial charge in [-0.05, 0) is 62.1 Å². The van der Waals surface area contributed by atoms with Crippen LogP contribution in [0.15, 0.2) is 24.3 Å². The van der Waals surface area contributed by atoms with Crippen LogP contribution >= 0.6 is 0 Å². The van der Waals surface area contributed by atoms with Crippen LogP contribution in [0.5, 0.6) is 0 Å². The highest BCUT2D eigenvalue weighted by Gasteiger charge is 2.43. The number of hydrogen-bond donors (Lipinski definition) is 1. The molecule has 0 atom stereocenters. The van der Waals surface area contributed by atoms with E-state index in [1.165, 1.54) is 44.7 Å². The standard InChI is InChI=1S/C24H35FN2O/c25-21-10-6-9-20(17-21)24(13-4-5-14-24)23(28)26-22-11-15-27(16-12-22)18-19-7-2-1-3-8-19/h6,9-10,17,19,22H,1-5,7-8,11-16,18H2,(H,26,28). The van der Waals surface area contributed by atoms with Crippen molar-refractivity contribution in [3.05, 3.63) is 35.6 Å². The molecule has 4 heteroatoms.